The number of halogens is 3. The van der Waals surface area contributed by atoms with E-state index in [1.165, 1.54) is 12.3 Å². The van der Waals surface area contributed by atoms with Crippen molar-refractivity contribution < 1.29 is 17.2 Å². The summed E-state index contributed by atoms with van der Waals surface area (Å²) in [6.45, 7) is 0. The SMILES string of the molecule is Nc1nccc(-c2[nH]c(C3CC3)nc2-c2cccc(CS(=O)(=O)c3c(F)cccc3F)c2Cl)n1. The van der Waals surface area contributed by atoms with Crippen LogP contribution in [0.1, 0.15) is 30.1 Å². The lowest BCUT2D eigenvalue weighted by Crippen LogP contribution is -2.10. The molecular weight excluding hydrogens is 484 g/mol. The molecule has 0 saturated heterocycles. The van der Waals surface area contributed by atoms with Crippen LogP contribution in [0.25, 0.3) is 22.6 Å². The summed E-state index contributed by atoms with van der Waals surface area (Å²) in [5.74, 6) is -1.85. The number of H-pyrrole nitrogens is 1. The molecule has 1 aliphatic carbocycles. The van der Waals surface area contributed by atoms with Gasteiger partial charge < -0.3 is 10.7 Å². The summed E-state index contributed by atoms with van der Waals surface area (Å²) in [4.78, 5) is 15.2. The van der Waals surface area contributed by atoms with Crippen LogP contribution in [-0.4, -0.2) is 28.4 Å². The monoisotopic (exact) mass is 501 g/mol. The Morgan fingerprint density at radius 2 is 1.76 bits per heavy atom. The topological polar surface area (TPSA) is 115 Å². The van der Waals surface area contributed by atoms with Crippen LogP contribution >= 0.6 is 11.6 Å². The summed E-state index contributed by atoms with van der Waals surface area (Å²) >= 11 is 6.65. The first-order valence-electron chi connectivity index (χ1n) is 10.4. The number of aromatic nitrogens is 4. The number of aromatic amines is 1. The molecule has 2 heterocycles. The largest absolute Gasteiger partial charge is 0.368 e. The van der Waals surface area contributed by atoms with Crippen LogP contribution in [0.2, 0.25) is 5.02 Å². The van der Waals surface area contributed by atoms with Gasteiger partial charge in [-0.3, -0.25) is 0 Å². The maximum atomic E-state index is 14.2. The van der Waals surface area contributed by atoms with Gasteiger partial charge in [0.15, 0.2) is 9.84 Å². The Labute approximate surface area is 199 Å². The zero-order valence-corrected chi connectivity index (χ0v) is 19.2. The number of hydrogen-bond donors (Lipinski definition) is 2. The van der Waals surface area contributed by atoms with Gasteiger partial charge in [0, 0.05) is 17.7 Å². The van der Waals surface area contributed by atoms with Crippen LogP contribution in [-0.2, 0) is 15.6 Å². The molecule has 5 rings (SSSR count). The highest BCUT2D eigenvalue weighted by molar-refractivity contribution is 7.90. The van der Waals surface area contributed by atoms with E-state index >= 15 is 0 Å². The lowest BCUT2D eigenvalue weighted by Gasteiger charge is -2.11. The molecular formula is C23H18ClF2N5O2S. The van der Waals surface area contributed by atoms with E-state index < -0.39 is 32.1 Å². The fraction of sp³-hybridized carbons (Fsp3) is 0.174. The zero-order chi connectivity index (χ0) is 24.0. The third-order valence-electron chi connectivity index (χ3n) is 5.53. The van der Waals surface area contributed by atoms with Crippen molar-refractivity contribution >= 4 is 27.4 Å². The molecule has 1 saturated carbocycles. The van der Waals surface area contributed by atoms with Crippen LogP contribution in [0.4, 0.5) is 14.7 Å². The zero-order valence-electron chi connectivity index (χ0n) is 17.6. The molecule has 4 aromatic rings. The molecule has 0 atom stereocenters. The van der Waals surface area contributed by atoms with Gasteiger partial charge in [-0.05, 0) is 36.6 Å². The molecule has 2 aromatic heterocycles. The van der Waals surface area contributed by atoms with Crippen molar-refractivity contribution in [1.82, 2.24) is 19.9 Å². The van der Waals surface area contributed by atoms with E-state index in [9.17, 15) is 17.2 Å². The van der Waals surface area contributed by atoms with Crippen LogP contribution in [0, 0.1) is 11.6 Å². The van der Waals surface area contributed by atoms with E-state index in [-0.39, 0.29) is 22.5 Å². The summed E-state index contributed by atoms with van der Waals surface area (Å²) in [7, 11) is -4.36. The number of nitrogen functional groups attached to an aromatic ring is 1. The Kier molecular flexibility index (Phi) is 5.57. The minimum atomic E-state index is -4.36. The van der Waals surface area contributed by atoms with E-state index in [1.807, 2.05) is 0 Å². The van der Waals surface area contributed by atoms with Gasteiger partial charge in [-0.1, -0.05) is 35.9 Å². The number of imidazole rings is 1. The molecule has 0 unspecified atom stereocenters. The summed E-state index contributed by atoms with van der Waals surface area (Å²) in [6.07, 6.45) is 3.52. The minimum Gasteiger partial charge on any atom is -0.368 e. The molecule has 0 bridgehead atoms. The van der Waals surface area contributed by atoms with E-state index in [2.05, 4.69) is 15.0 Å². The number of sulfone groups is 1. The van der Waals surface area contributed by atoms with Crippen molar-refractivity contribution in [2.45, 2.75) is 29.4 Å². The third kappa shape index (κ3) is 4.14. The van der Waals surface area contributed by atoms with Crippen LogP contribution < -0.4 is 5.73 Å². The Morgan fingerprint density at radius 3 is 2.44 bits per heavy atom. The molecule has 1 aliphatic rings. The van der Waals surface area contributed by atoms with E-state index in [0.717, 1.165) is 36.9 Å². The van der Waals surface area contributed by atoms with Gasteiger partial charge in [0.1, 0.15) is 22.4 Å². The fourth-order valence-electron chi connectivity index (χ4n) is 3.77. The fourth-order valence-corrected chi connectivity index (χ4v) is 5.65. The quantitative estimate of drug-likeness (QED) is 0.388. The second-order valence-corrected chi connectivity index (χ2v) is 10.3. The lowest BCUT2D eigenvalue weighted by molar-refractivity contribution is 0.519. The number of benzene rings is 2. The van der Waals surface area contributed by atoms with Crippen molar-refractivity contribution in [2.75, 3.05) is 5.73 Å². The smallest absolute Gasteiger partial charge is 0.220 e. The molecule has 0 amide bonds. The first-order chi connectivity index (χ1) is 16.2. The average Bonchev–Trinajstić information content (AvgIpc) is 3.53. The first kappa shape index (κ1) is 22.4. The Bertz CT molecular complexity index is 1500. The van der Waals surface area contributed by atoms with Crippen molar-refractivity contribution in [3.63, 3.8) is 0 Å². The van der Waals surface area contributed by atoms with Gasteiger partial charge in [0.25, 0.3) is 0 Å². The second-order valence-electron chi connectivity index (χ2n) is 8.01. The molecule has 11 heteroatoms. The predicted octanol–water partition coefficient (Wildman–Crippen LogP) is 4.90. The maximum absolute atomic E-state index is 14.2. The van der Waals surface area contributed by atoms with Crippen molar-refractivity contribution in [1.29, 1.82) is 0 Å². The number of nitrogens with two attached hydrogens (primary N) is 1. The Balaban J connectivity index is 1.60. The number of rotatable bonds is 6. The molecule has 34 heavy (non-hydrogen) atoms. The molecule has 0 aliphatic heterocycles. The van der Waals surface area contributed by atoms with Gasteiger partial charge in [-0.15, -0.1) is 0 Å². The van der Waals surface area contributed by atoms with Crippen LogP contribution in [0.5, 0.6) is 0 Å². The molecule has 0 spiro atoms. The van der Waals surface area contributed by atoms with Crippen LogP contribution in [0.3, 0.4) is 0 Å². The summed E-state index contributed by atoms with van der Waals surface area (Å²) in [6, 6.07) is 9.39. The highest BCUT2D eigenvalue weighted by Gasteiger charge is 2.30. The Morgan fingerprint density at radius 1 is 1.06 bits per heavy atom. The van der Waals surface area contributed by atoms with Gasteiger partial charge in [-0.2, -0.15) is 0 Å². The number of anilines is 1. The van der Waals surface area contributed by atoms with E-state index in [0.29, 0.717) is 22.6 Å². The van der Waals surface area contributed by atoms with Gasteiger partial charge in [-0.25, -0.2) is 32.2 Å². The molecule has 7 nitrogen and oxygen atoms in total. The van der Waals surface area contributed by atoms with Gasteiger partial charge >= 0.3 is 0 Å². The number of nitrogens with one attached hydrogen (secondary N) is 1. The van der Waals surface area contributed by atoms with E-state index in [1.54, 1.807) is 18.2 Å². The highest BCUT2D eigenvalue weighted by Crippen LogP contribution is 2.43. The lowest BCUT2D eigenvalue weighted by atomic mass is 10.1. The molecule has 3 N–H and O–H groups in total. The second kappa shape index (κ2) is 8.44. The number of nitrogens with zero attached hydrogens (tertiary/aromatic N) is 3. The minimum absolute atomic E-state index is 0.0869. The third-order valence-corrected chi connectivity index (χ3v) is 7.68. The normalized spacial score (nSPS) is 13.9. The highest BCUT2D eigenvalue weighted by atomic mass is 35.5. The number of hydrogen-bond acceptors (Lipinski definition) is 6. The maximum Gasteiger partial charge on any atom is 0.220 e. The van der Waals surface area contributed by atoms with Gasteiger partial charge in [0.2, 0.25) is 5.95 Å². The molecule has 0 radical (unpaired) electrons. The van der Waals surface area contributed by atoms with Crippen molar-refractivity contribution in [2.24, 2.45) is 0 Å². The first-order valence-corrected chi connectivity index (χ1v) is 12.4. The summed E-state index contributed by atoms with van der Waals surface area (Å²) in [5.41, 5.74) is 7.94. The van der Waals surface area contributed by atoms with Gasteiger partial charge in [0.05, 0.1) is 27.9 Å². The summed E-state index contributed by atoms with van der Waals surface area (Å²) < 4.78 is 54.1. The molecule has 2 aromatic carbocycles. The molecule has 174 valence electrons. The van der Waals surface area contributed by atoms with Crippen LogP contribution in [0.15, 0.2) is 53.6 Å². The molecule has 1 fully saturated rings. The van der Waals surface area contributed by atoms with Crippen molar-refractivity contribution in [3.05, 3.63) is 76.7 Å². The standard InChI is InChI=1S/C23H18ClF2N5O2S/c24-18-13(11-34(32,33)21-15(25)5-2-6-16(21)26)3-1-4-14(18)19-20(17-9-10-28-23(27)29-17)31-22(30-19)12-7-8-12/h1-6,9-10,12H,7-8,11H2,(H,30,31)(H2,27,28,29). The van der Waals surface area contributed by atoms with E-state index in [4.69, 9.17) is 22.3 Å². The average molecular weight is 502 g/mol. The Hall–Kier alpha value is -3.37. The predicted molar refractivity (Wildman–Crippen MR) is 124 cm³/mol. The summed E-state index contributed by atoms with van der Waals surface area (Å²) in [5, 5.41) is 0.111. The van der Waals surface area contributed by atoms with Crippen molar-refractivity contribution in [3.8, 4) is 22.6 Å².